The van der Waals surface area contributed by atoms with Gasteiger partial charge in [0.1, 0.15) is 0 Å². The van der Waals surface area contributed by atoms with Gasteiger partial charge in [0.25, 0.3) is 0 Å². The Bertz CT molecular complexity index is 618. The van der Waals surface area contributed by atoms with E-state index in [-0.39, 0.29) is 36.2 Å². The maximum atomic E-state index is 12.5. The molecule has 1 rings (SSSR count). The number of rotatable bonds is 6. The van der Waals surface area contributed by atoms with E-state index in [2.05, 4.69) is 10.6 Å². The standard InChI is InChI=1S/C19H29N3O3/c1-13-7-9-15(10-8-13)16(20-14(2)23)11-18(25)22(6)12-17(24)21-19(3,4)5/h7-10,16H,11-12H2,1-6H3,(H,20,23)(H,21,24)/t16-/m1/s1. The van der Waals surface area contributed by atoms with Crippen molar-refractivity contribution >= 4 is 17.7 Å². The molecule has 6 heteroatoms. The highest BCUT2D eigenvalue weighted by atomic mass is 16.2. The minimum Gasteiger partial charge on any atom is -0.350 e. The van der Waals surface area contributed by atoms with Crippen molar-refractivity contribution in [2.75, 3.05) is 13.6 Å². The quantitative estimate of drug-likeness (QED) is 0.825. The summed E-state index contributed by atoms with van der Waals surface area (Å²) in [5.74, 6) is -0.621. The number of amides is 3. The molecule has 0 aliphatic carbocycles. The van der Waals surface area contributed by atoms with Gasteiger partial charge in [0.05, 0.1) is 19.0 Å². The molecule has 0 unspecified atom stereocenters. The SMILES string of the molecule is CC(=O)N[C@H](CC(=O)N(C)CC(=O)NC(C)(C)C)c1ccc(C)cc1. The molecule has 0 saturated carbocycles. The Morgan fingerprint density at radius 2 is 1.68 bits per heavy atom. The van der Waals surface area contributed by atoms with Crippen LogP contribution in [0.25, 0.3) is 0 Å². The Morgan fingerprint density at radius 3 is 2.16 bits per heavy atom. The number of likely N-dealkylation sites (N-methyl/N-ethyl adjacent to an activating group) is 1. The predicted octanol–water partition coefficient (Wildman–Crippen LogP) is 1.94. The Kier molecular flexibility index (Phi) is 7.15. The van der Waals surface area contributed by atoms with Crippen LogP contribution in [-0.4, -0.2) is 41.8 Å². The molecule has 6 nitrogen and oxygen atoms in total. The third-order valence-electron chi connectivity index (χ3n) is 3.56. The first kappa shape index (κ1) is 20.7. The van der Waals surface area contributed by atoms with Crippen molar-refractivity contribution < 1.29 is 14.4 Å². The third-order valence-corrected chi connectivity index (χ3v) is 3.56. The number of hydrogen-bond donors (Lipinski definition) is 2. The van der Waals surface area contributed by atoms with E-state index in [1.54, 1.807) is 7.05 Å². The first-order valence-electron chi connectivity index (χ1n) is 8.36. The van der Waals surface area contributed by atoms with Crippen molar-refractivity contribution in [3.63, 3.8) is 0 Å². The first-order chi connectivity index (χ1) is 11.5. The number of hydrogen-bond acceptors (Lipinski definition) is 3. The fraction of sp³-hybridized carbons (Fsp3) is 0.526. The van der Waals surface area contributed by atoms with Crippen LogP contribution in [0.5, 0.6) is 0 Å². The second kappa shape index (κ2) is 8.65. The zero-order valence-electron chi connectivity index (χ0n) is 16.0. The number of carbonyl (C=O) groups is 3. The van der Waals surface area contributed by atoms with Crippen molar-refractivity contribution in [2.45, 2.75) is 52.6 Å². The Labute approximate surface area is 150 Å². The van der Waals surface area contributed by atoms with E-state index >= 15 is 0 Å². The molecule has 0 radical (unpaired) electrons. The molecule has 0 bridgehead atoms. The molecular formula is C19H29N3O3. The fourth-order valence-electron chi connectivity index (χ4n) is 2.39. The molecule has 25 heavy (non-hydrogen) atoms. The summed E-state index contributed by atoms with van der Waals surface area (Å²) < 4.78 is 0. The molecule has 1 aromatic rings. The predicted molar refractivity (Wildman–Crippen MR) is 97.9 cm³/mol. The molecule has 0 spiro atoms. The van der Waals surface area contributed by atoms with Crippen molar-refractivity contribution in [3.8, 4) is 0 Å². The Balaban J connectivity index is 2.75. The minimum atomic E-state index is -0.418. The lowest BCUT2D eigenvalue weighted by Crippen LogP contribution is -2.46. The normalized spacial score (nSPS) is 12.2. The van der Waals surface area contributed by atoms with Gasteiger partial charge in [-0.3, -0.25) is 14.4 Å². The summed E-state index contributed by atoms with van der Waals surface area (Å²) in [7, 11) is 1.59. The van der Waals surface area contributed by atoms with E-state index in [0.717, 1.165) is 11.1 Å². The van der Waals surface area contributed by atoms with Crippen LogP contribution in [0.2, 0.25) is 0 Å². The maximum absolute atomic E-state index is 12.5. The zero-order chi connectivity index (χ0) is 19.2. The summed E-state index contributed by atoms with van der Waals surface area (Å²) in [6.45, 7) is 9.04. The average molecular weight is 347 g/mol. The van der Waals surface area contributed by atoms with E-state index < -0.39 is 6.04 Å². The summed E-state index contributed by atoms with van der Waals surface area (Å²) in [4.78, 5) is 37.3. The van der Waals surface area contributed by atoms with E-state index in [1.165, 1.54) is 11.8 Å². The first-order valence-corrected chi connectivity index (χ1v) is 8.36. The van der Waals surface area contributed by atoms with Gasteiger partial charge in [-0.05, 0) is 33.3 Å². The molecule has 0 heterocycles. The van der Waals surface area contributed by atoms with Crippen LogP contribution >= 0.6 is 0 Å². The van der Waals surface area contributed by atoms with Crippen LogP contribution in [0.1, 0.15) is 51.3 Å². The van der Waals surface area contributed by atoms with Crippen LogP contribution in [0.4, 0.5) is 0 Å². The summed E-state index contributed by atoms with van der Waals surface area (Å²) in [5.41, 5.74) is 1.62. The lowest BCUT2D eigenvalue weighted by atomic mass is 10.0. The van der Waals surface area contributed by atoms with Crippen molar-refractivity contribution in [1.29, 1.82) is 0 Å². The number of aryl methyl sites for hydroxylation is 1. The van der Waals surface area contributed by atoms with Crippen LogP contribution in [0.3, 0.4) is 0 Å². The maximum Gasteiger partial charge on any atom is 0.240 e. The van der Waals surface area contributed by atoms with Gasteiger partial charge in [0.2, 0.25) is 17.7 Å². The summed E-state index contributed by atoms with van der Waals surface area (Å²) in [5, 5.41) is 5.63. The average Bonchev–Trinajstić information content (AvgIpc) is 2.44. The van der Waals surface area contributed by atoms with E-state index in [1.807, 2.05) is 52.0 Å². The van der Waals surface area contributed by atoms with Crippen molar-refractivity contribution in [2.24, 2.45) is 0 Å². The number of benzene rings is 1. The van der Waals surface area contributed by atoms with Gasteiger partial charge >= 0.3 is 0 Å². The lowest BCUT2D eigenvalue weighted by molar-refractivity contribution is -0.135. The Morgan fingerprint density at radius 1 is 1.12 bits per heavy atom. The van der Waals surface area contributed by atoms with E-state index in [4.69, 9.17) is 0 Å². The molecule has 138 valence electrons. The Hall–Kier alpha value is -2.37. The van der Waals surface area contributed by atoms with E-state index in [9.17, 15) is 14.4 Å². The minimum absolute atomic E-state index is 0.0171. The van der Waals surface area contributed by atoms with Crippen molar-refractivity contribution in [3.05, 3.63) is 35.4 Å². The summed E-state index contributed by atoms with van der Waals surface area (Å²) in [6.07, 6.45) is 0.0991. The fourth-order valence-corrected chi connectivity index (χ4v) is 2.39. The van der Waals surface area contributed by atoms with Gasteiger partial charge in [0.15, 0.2) is 0 Å². The molecule has 0 aliphatic rings. The van der Waals surface area contributed by atoms with Gasteiger partial charge in [0, 0.05) is 19.5 Å². The van der Waals surface area contributed by atoms with Gasteiger partial charge in [-0.25, -0.2) is 0 Å². The van der Waals surface area contributed by atoms with Gasteiger partial charge in [-0.1, -0.05) is 29.8 Å². The molecule has 0 fully saturated rings. The summed E-state index contributed by atoms with van der Waals surface area (Å²) >= 11 is 0. The molecule has 0 saturated heterocycles. The lowest BCUT2D eigenvalue weighted by Gasteiger charge is -2.25. The van der Waals surface area contributed by atoms with Crippen LogP contribution in [-0.2, 0) is 14.4 Å². The summed E-state index contributed by atoms with van der Waals surface area (Å²) in [6, 6.07) is 7.26. The molecule has 1 atom stereocenters. The van der Waals surface area contributed by atoms with Crippen LogP contribution < -0.4 is 10.6 Å². The topological polar surface area (TPSA) is 78.5 Å². The van der Waals surface area contributed by atoms with Gasteiger partial charge < -0.3 is 15.5 Å². The number of carbonyl (C=O) groups excluding carboxylic acids is 3. The second-order valence-electron chi connectivity index (χ2n) is 7.42. The largest absolute Gasteiger partial charge is 0.350 e. The molecular weight excluding hydrogens is 318 g/mol. The molecule has 3 amide bonds. The molecule has 2 N–H and O–H groups in total. The molecule has 0 aromatic heterocycles. The monoisotopic (exact) mass is 347 g/mol. The van der Waals surface area contributed by atoms with Crippen molar-refractivity contribution in [1.82, 2.24) is 15.5 Å². The number of nitrogens with one attached hydrogen (secondary N) is 2. The second-order valence-corrected chi connectivity index (χ2v) is 7.42. The van der Waals surface area contributed by atoms with E-state index in [0.29, 0.717) is 0 Å². The zero-order valence-corrected chi connectivity index (χ0v) is 16.0. The van der Waals surface area contributed by atoms with Crippen LogP contribution in [0, 0.1) is 6.92 Å². The highest BCUT2D eigenvalue weighted by Crippen LogP contribution is 2.18. The van der Waals surface area contributed by atoms with Crippen LogP contribution in [0.15, 0.2) is 24.3 Å². The molecule has 1 aromatic carbocycles. The highest BCUT2D eigenvalue weighted by Gasteiger charge is 2.22. The number of nitrogens with zero attached hydrogens (tertiary/aromatic N) is 1. The van der Waals surface area contributed by atoms with Gasteiger partial charge in [-0.15, -0.1) is 0 Å². The highest BCUT2D eigenvalue weighted by molar-refractivity contribution is 5.85. The van der Waals surface area contributed by atoms with Gasteiger partial charge in [-0.2, -0.15) is 0 Å². The third kappa shape index (κ3) is 7.83. The molecule has 0 aliphatic heterocycles. The smallest absolute Gasteiger partial charge is 0.240 e.